The predicted molar refractivity (Wildman–Crippen MR) is 88.8 cm³/mol. The van der Waals surface area contributed by atoms with Crippen molar-refractivity contribution < 1.29 is 13.2 Å². The number of sulfonamides is 1. The van der Waals surface area contributed by atoms with Crippen LogP contribution in [0, 0.1) is 6.92 Å². The van der Waals surface area contributed by atoms with E-state index >= 15 is 0 Å². The molecular formula is C16H24N2O3S. The second kappa shape index (κ2) is 6.69. The van der Waals surface area contributed by atoms with Crippen molar-refractivity contribution in [3.05, 3.63) is 29.3 Å². The van der Waals surface area contributed by atoms with Crippen LogP contribution in [0.15, 0.2) is 18.2 Å². The molecule has 0 saturated carbocycles. The zero-order valence-electron chi connectivity index (χ0n) is 13.4. The van der Waals surface area contributed by atoms with Crippen LogP contribution in [0.4, 0.5) is 5.69 Å². The molecule has 1 aromatic rings. The van der Waals surface area contributed by atoms with Crippen molar-refractivity contribution in [2.45, 2.75) is 46.1 Å². The largest absolute Gasteiger partial charge is 0.350 e. The van der Waals surface area contributed by atoms with E-state index in [-0.39, 0.29) is 17.7 Å². The molecule has 0 bridgehead atoms. The Balaban J connectivity index is 2.25. The molecule has 1 aliphatic heterocycles. The number of amides is 1. The van der Waals surface area contributed by atoms with E-state index < -0.39 is 10.0 Å². The van der Waals surface area contributed by atoms with Gasteiger partial charge in [0.15, 0.2) is 0 Å². The van der Waals surface area contributed by atoms with Crippen LogP contribution in [-0.2, 0) is 10.0 Å². The monoisotopic (exact) mass is 324 g/mol. The lowest BCUT2D eigenvalue weighted by Gasteiger charge is -2.29. The summed E-state index contributed by atoms with van der Waals surface area (Å²) >= 11 is 0. The molecular weight excluding hydrogens is 300 g/mol. The molecule has 6 heteroatoms. The molecule has 1 heterocycles. The van der Waals surface area contributed by atoms with Crippen molar-refractivity contribution in [1.82, 2.24) is 5.32 Å². The highest BCUT2D eigenvalue weighted by molar-refractivity contribution is 7.92. The molecule has 1 aliphatic rings. The van der Waals surface area contributed by atoms with Crippen LogP contribution in [0.5, 0.6) is 0 Å². The number of hydrogen-bond acceptors (Lipinski definition) is 3. The zero-order valence-corrected chi connectivity index (χ0v) is 14.2. The highest BCUT2D eigenvalue weighted by atomic mass is 32.2. The van der Waals surface area contributed by atoms with E-state index in [0.29, 0.717) is 24.2 Å². The van der Waals surface area contributed by atoms with Crippen molar-refractivity contribution in [3.8, 4) is 0 Å². The smallest absolute Gasteiger partial charge is 0.251 e. The fourth-order valence-electron chi connectivity index (χ4n) is 2.55. The minimum atomic E-state index is -3.22. The van der Waals surface area contributed by atoms with E-state index in [1.54, 1.807) is 18.2 Å². The van der Waals surface area contributed by atoms with Crippen LogP contribution < -0.4 is 9.62 Å². The highest BCUT2D eigenvalue weighted by Crippen LogP contribution is 2.27. The Labute approximate surface area is 132 Å². The molecule has 1 N–H and O–H groups in total. The Morgan fingerprint density at radius 1 is 1.36 bits per heavy atom. The van der Waals surface area contributed by atoms with E-state index in [0.717, 1.165) is 18.4 Å². The van der Waals surface area contributed by atoms with Gasteiger partial charge in [-0.2, -0.15) is 0 Å². The molecule has 0 aliphatic carbocycles. The quantitative estimate of drug-likeness (QED) is 0.925. The van der Waals surface area contributed by atoms with Gasteiger partial charge >= 0.3 is 0 Å². The molecule has 0 spiro atoms. The maximum absolute atomic E-state index is 12.2. The number of hydrogen-bond donors (Lipinski definition) is 1. The van der Waals surface area contributed by atoms with Gasteiger partial charge in [-0.05, 0) is 56.9 Å². The summed E-state index contributed by atoms with van der Waals surface area (Å²) in [6.45, 7) is 6.33. The van der Waals surface area contributed by atoms with Crippen LogP contribution in [0.1, 0.15) is 49.0 Å². The number of anilines is 1. The van der Waals surface area contributed by atoms with Gasteiger partial charge in [-0.25, -0.2) is 8.42 Å². The summed E-state index contributed by atoms with van der Waals surface area (Å²) in [5, 5.41) is 2.92. The Morgan fingerprint density at radius 2 is 2.09 bits per heavy atom. The summed E-state index contributed by atoms with van der Waals surface area (Å²) < 4.78 is 25.8. The van der Waals surface area contributed by atoms with Crippen LogP contribution in [0.2, 0.25) is 0 Å². The van der Waals surface area contributed by atoms with Crippen molar-refractivity contribution in [1.29, 1.82) is 0 Å². The minimum Gasteiger partial charge on any atom is -0.350 e. The number of rotatable bonds is 4. The molecule has 1 saturated heterocycles. The average molecular weight is 324 g/mol. The van der Waals surface area contributed by atoms with Gasteiger partial charge in [0, 0.05) is 18.2 Å². The second-order valence-electron chi connectivity index (χ2n) is 5.88. The summed E-state index contributed by atoms with van der Waals surface area (Å²) in [6.07, 6.45) is 2.46. The summed E-state index contributed by atoms with van der Waals surface area (Å²) in [6, 6.07) is 5.32. The first-order valence-electron chi connectivity index (χ1n) is 7.77. The van der Waals surface area contributed by atoms with Crippen LogP contribution in [0.25, 0.3) is 0 Å². The maximum Gasteiger partial charge on any atom is 0.251 e. The fraction of sp³-hybridized carbons (Fsp3) is 0.562. The van der Waals surface area contributed by atoms with Gasteiger partial charge in [0.05, 0.1) is 11.4 Å². The Morgan fingerprint density at radius 3 is 2.68 bits per heavy atom. The molecule has 1 fully saturated rings. The Hall–Kier alpha value is -1.56. The summed E-state index contributed by atoms with van der Waals surface area (Å²) in [4.78, 5) is 12.1. The lowest BCUT2D eigenvalue weighted by Crippen LogP contribution is -2.38. The van der Waals surface area contributed by atoms with Crippen molar-refractivity contribution in [3.63, 3.8) is 0 Å². The zero-order chi connectivity index (χ0) is 16.3. The Bertz CT molecular complexity index is 655. The topological polar surface area (TPSA) is 66.5 Å². The van der Waals surface area contributed by atoms with Crippen LogP contribution in [-0.4, -0.2) is 32.7 Å². The van der Waals surface area contributed by atoms with E-state index in [1.807, 2.05) is 20.8 Å². The van der Waals surface area contributed by atoms with E-state index in [9.17, 15) is 13.2 Å². The minimum absolute atomic E-state index is 0.120. The summed E-state index contributed by atoms with van der Waals surface area (Å²) in [7, 11) is -3.22. The molecule has 0 radical (unpaired) electrons. The molecule has 0 unspecified atom stereocenters. The van der Waals surface area contributed by atoms with E-state index in [4.69, 9.17) is 0 Å². The standard InChI is InChI=1S/C16H24N2O3S/c1-4-13(3)17-16(19)14-7-8-15(12(2)11-14)18-9-5-6-10-22(18,20)21/h7-8,11,13H,4-6,9-10H2,1-3H3,(H,17,19)/t13-/m0/s1. The van der Waals surface area contributed by atoms with Gasteiger partial charge in [-0.15, -0.1) is 0 Å². The summed E-state index contributed by atoms with van der Waals surface area (Å²) in [5.41, 5.74) is 2.05. The molecule has 1 atom stereocenters. The first kappa shape index (κ1) is 16.8. The lowest BCUT2D eigenvalue weighted by molar-refractivity contribution is 0.0939. The molecule has 22 heavy (non-hydrogen) atoms. The molecule has 1 aromatic carbocycles. The number of benzene rings is 1. The van der Waals surface area contributed by atoms with Gasteiger partial charge in [-0.1, -0.05) is 6.92 Å². The van der Waals surface area contributed by atoms with Gasteiger partial charge < -0.3 is 5.32 Å². The first-order chi connectivity index (χ1) is 10.3. The molecule has 2 rings (SSSR count). The van der Waals surface area contributed by atoms with E-state index in [2.05, 4.69) is 5.32 Å². The molecule has 0 aromatic heterocycles. The SMILES string of the molecule is CC[C@H](C)NC(=O)c1ccc(N2CCCCS2(=O)=O)c(C)c1. The lowest BCUT2D eigenvalue weighted by atomic mass is 10.1. The van der Waals surface area contributed by atoms with E-state index in [1.165, 1.54) is 4.31 Å². The first-order valence-corrected chi connectivity index (χ1v) is 9.38. The van der Waals surface area contributed by atoms with Gasteiger partial charge in [0.2, 0.25) is 10.0 Å². The predicted octanol–water partition coefficient (Wildman–Crippen LogP) is 2.45. The summed E-state index contributed by atoms with van der Waals surface area (Å²) in [5.74, 6) is 0.0772. The van der Waals surface area contributed by atoms with Crippen LogP contribution in [0.3, 0.4) is 0 Å². The third kappa shape index (κ3) is 3.61. The van der Waals surface area contributed by atoms with Gasteiger partial charge in [-0.3, -0.25) is 9.10 Å². The third-order valence-corrected chi connectivity index (χ3v) is 5.92. The molecule has 5 nitrogen and oxygen atoms in total. The number of aryl methyl sites for hydroxylation is 1. The van der Waals surface area contributed by atoms with Crippen molar-refractivity contribution >= 4 is 21.6 Å². The normalized spacial score (nSPS) is 18.8. The van der Waals surface area contributed by atoms with Crippen molar-refractivity contribution in [2.75, 3.05) is 16.6 Å². The van der Waals surface area contributed by atoms with Gasteiger partial charge in [0.25, 0.3) is 5.91 Å². The third-order valence-electron chi connectivity index (χ3n) is 4.07. The Kier molecular flexibility index (Phi) is 5.11. The number of nitrogens with zero attached hydrogens (tertiary/aromatic N) is 1. The number of nitrogens with one attached hydrogen (secondary N) is 1. The van der Waals surface area contributed by atoms with Crippen LogP contribution >= 0.6 is 0 Å². The number of carbonyl (C=O) groups excluding carboxylic acids is 1. The van der Waals surface area contributed by atoms with Crippen molar-refractivity contribution in [2.24, 2.45) is 0 Å². The second-order valence-corrected chi connectivity index (χ2v) is 7.89. The van der Waals surface area contributed by atoms with Gasteiger partial charge in [0.1, 0.15) is 0 Å². The fourth-order valence-corrected chi connectivity index (χ4v) is 4.25. The average Bonchev–Trinajstić information content (AvgIpc) is 2.47. The highest BCUT2D eigenvalue weighted by Gasteiger charge is 2.27. The number of carbonyl (C=O) groups is 1. The maximum atomic E-state index is 12.2. The molecule has 122 valence electrons. The molecule has 1 amide bonds.